The van der Waals surface area contributed by atoms with Crippen LogP contribution in [0.5, 0.6) is 0 Å². The molecule has 2 heteroatoms. The van der Waals surface area contributed by atoms with Crippen molar-refractivity contribution in [2.24, 2.45) is 17.6 Å². The van der Waals surface area contributed by atoms with Gasteiger partial charge in [-0.3, -0.25) is 0 Å². The van der Waals surface area contributed by atoms with E-state index in [4.69, 9.17) is 10.5 Å². The van der Waals surface area contributed by atoms with Crippen molar-refractivity contribution in [3.05, 3.63) is 0 Å². The van der Waals surface area contributed by atoms with Crippen molar-refractivity contribution >= 4 is 0 Å². The van der Waals surface area contributed by atoms with Gasteiger partial charge >= 0.3 is 0 Å². The third-order valence-corrected chi connectivity index (χ3v) is 2.31. The lowest BCUT2D eigenvalue weighted by Crippen LogP contribution is -2.19. The smallest absolute Gasteiger partial charge is 0.0506 e. The molecule has 1 rings (SSSR count). The first-order valence-electron chi connectivity index (χ1n) is 4.64. The minimum atomic E-state index is 0.578. The van der Waals surface area contributed by atoms with Gasteiger partial charge in [0, 0.05) is 6.61 Å². The van der Waals surface area contributed by atoms with E-state index < -0.39 is 0 Å². The van der Waals surface area contributed by atoms with E-state index >= 15 is 0 Å². The molecule has 2 N–H and O–H groups in total. The SMILES string of the molecule is CCC(CN)COCC1CC1. The number of ether oxygens (including phenoxy) is 1. The average Bonchev–Trinajstić information content (AvgIpc) is 2.82. The van der Waals surface area contributed by atoms with Crippen molar-refractivity contribution in [2.45, 2.75) is 26.2 Å². The summed E-state index contributed by atoms with van der Waals surface area (Å²) in [4.78, 5) is 0. The molecular formula is C9H19NO. The molecule has 11 heavy (non-hydrogen) atoms. The summed E-state index contributed by atoms with van der Waals surface area (Å²) < 4.78 is 5.52. The Morgan fingerprint density at radius 1 is 1.55 bits per heavy atom. The van der Waals surface area contributed by atoms with E-state index in [0.29, 0.717) is 5.92 Å². The first-order chi connectivity index (χ1) is 5.36. The maximum atomic E-state index is 5.54. The fourth-order valence-corrected chi connectivity index (χ4v) is 1.04. The summed E-state index contributed by atoms with van der Waals surface area (Å²) in [6, 6.07) is 0. The molecule has 66 valence electrons. The van der Waals surface area contributed by atoms with Crippen LogP contribution in [0.1, 0.15) is 26.2 Å². The summed E-state index contributed by atoms with van der Waals surface area (Å²) in [7, 11) is 0. The Labute approximate surface area is 69.1 Å². The van der Waals surface area contributed by atoms with Crippen LogP contribution in [0.3, 0.4) is 0 Å². The van der Waals surface area contributed by atoms with Gasteiger partial charge in [0.05, 0.1) is 6.61 Å². The Morgan fingerprint density at radius 2 is 2.27 bits per heavy atom. The summed E-state index contributed by atoms with van der Waals surface area (Å²) >= 11 is 0. The topological polar surface area (TPSA) is 35.2 Å². The number of rotatable bonds is 6. The summed E-state index contributed by atoms with van der Waals surface area (Å²) in [5.41, 5.74) is 5.54. The fourth-order valence-electron chi connectivity index (χ4n) is 1.04. The molecule has 0 aliphatic heterocycles. The predicted octanol–water partition coefficient (Wildman–Crippen LogP) is 1.40. The highest BCUT2D eigenvalue weighted by Gasteiger charge is 2.21. The van der Waals surface area contributed by atoms with E-state index in [1.807, 2.05) is 0 Å². The van der Waals surface area contributed by atoms with Gasteiger partial charge in [-0.2, -0.15) is 0 Å². The molecule has 0 aromatic carbocycles. The molecule has 0 spiro atoms. The molecule has 0 heterocycles. The van der Waals surface area contributed by atoms with Gasteiger partial charge in [-0.15, -0.1) is 0 Å². The van der Waals surface area contributed by atoms with E-state index in [9.17, 15) is 0 Å². The normalized spacial score (nSPS) is 20.2. The van der Waals surface area contributed by atoms with Crippen LogP contribution in [0, 0.1) is 11.8 Å². The van der Waals surface area contributed by atoms with Crippen LogP contribution in [0.2, 0.25) is 0 Å². The molecule has 0 bridgehead atoms. The number of nitrogens with two attached hydrogens (primary N) is 1. The van der Waals surface area contributed by atoms with Crippen molar-refractivity contribution in [3.63, 3.8) is 0 Å². The molecule has 0 amide bonds. The molecule has 1 fully saturated rings. The van der Waals surface area contributed by atoms with E-state index in [1.165, 1.54) is 12.8 Å². The van der Waals surface area contributed by atoms with Crippen molar-refractivity contribution in [3.8, 4) is 0 Å². The second-order valence-corrected chi connectivity index (χ2v) is 3.49. The zero-order valence-electron chi connectivity index (χ0n) is 7.38. The van der Waals surface area contributed by atoms with Crippen molar-refractivity contribution in [1.29, 1.82) is 0 Å². The average molecular weight is 157 g/mol. The molecular weight excluding hydrogens is 138 g/mol. The lowest BCUT2D eigenvalue weighted by atomic mass is 10.1. The number of hydrogen-bond acceptors (Lipinski definition) is 2. The third kappa shape index (κ3) is 3.73. The van der Waals surface area contributed by atoms with Crippen LogP contribution in [0.25, 0.3) is 0 Å². The van der Waals surface area contributed by atoms with Gasteiger partial charge in [0.1, 0.15) is 0 Å². The van der Waals surface area contributed by atoms with Crippen LogP contribution in [-0.2, 0) is 4.74 Å². The van der Waals surface area contributed by atoms with Gasteiger partial charge in [0.15, 0.2) is 0 Å². The lowest BCUT2D eigenvalue weighted by molar-refractivity contribution is 0.0922. The van der Waals surface area contributed by atoms with Crippen LogP contribution < -0.4 is 5.73 Å². The van der Waals surface area contributed by atoms with Crippen LogP contribution in [0.4, 0.5) is 0 Å². The molecule has 2 nitrogen and oxygen atoms in total. The third-order valence-electron chi connectivity index (χ3n) is 2.31. The molecule has 0 aromatic heterocycles. The summed E-state index contributed by atoms with van der Waals surface area (Å²) in [5, 5.41) is 0. The van der Waals surface area contributed by atoms with Gasteiger partial charge in [0.2, 0.25) is 0 Å². The Hall–Kier alpha value is -0.0800. The van der Waals surface area contributed by atoms with Crippen molar-refractivity contribution in [2.75, 3.05) is 19.8 Å². The second kappa shape index (κ2) is 4.73. The quantitative estimate of drug-likeness (QED) is 0.632. The summed E-state index contributed by atoms with van der Waals surface area (Å²) in [6.45, 7) is 4.76. The summed E-state index contributed by atoms with van der Waals surface area (Å²) in [6.07, 6.45) is 3.89. The summed E-state index contributed by atoms with van der Waals surface area (Å²) in [5.74, 6) is 1.46. The van der Waals surface area contributed by atoms with Gasteiger partial charge in [0.25, 0.3) is 0 Å². The van der Waals surface area contributed by atoms with Crippen LogP contribution in [0.15, 0.2) is 0 Å². The molecule has 1 aliphatic carbocycles. The standard InChI is InChI=1S/C9H19NO/c1-2-8(5-10)6-11-7-9-3-4-9/h8-9H,2-7,10H2,1H3. The van der Waals surface area contributed by atoms with Crippen LogP contribution >= 0.6 is 0 Å². The fraction of sp³-hybridized carbons (Fsp3) is 1.00. The Bertz CT molecular complexity index is 97.7. The van der Waals surface area contributed by atoms with Gasteiger partial charge < -0.3 is 10.5 Å². The minimum absolute atomic E-state index is 0.578. The molecule has 1 saturated carbocycles. The first kappa shape index (κ1) is 9.01. The molecule has 1 aliphatic rings. The molecule has 0 radical (unpaired) electrons. The van der Waals surface area contributed by atoms with E-state index in [2.05, 4.69) is 6.92 Å². The maximum absolute atomic E-state index is 5.54. The van der Waals surface area contributed by atoms with E-state index in [1.54, 1.807) is 0 Å². The molecule has 1 unspecified atom stereocenters. The van der Waals surface area contributed by atoms with Gasteiger partial charge in [-0.25, -0.2) is 0 Å². The molecule has 1 atom stereocenters. The second-order valence-electron chi connectivity index (χ2n) is 3.49. The Kier molecular flexibility index (Phi) is 3.87. The number of hydrogen-bond donors (Lipinski definition) is 1. The van der Waals surface area contributed by atoms with Crippen molar-refractivity contribution in [1.82, 2.24) is 0 Å². The lowest BCUT2D eigenvalue weighted by Gasteiger charge is -2.11. The highest BCUT2D eigenvalue weighted by Crippen LogP contribution is 2.28. The largest absolute Gasteiger partial charge is 0.381 e. The Morgan fingerprint density at radius 3 is 2.73 bits per heavy atom. The predicted molar refractivity (Wildman–Crippen MR) is 46.4 cm³/mol. The van der Waals surface area contributed by atoms with E-state index in [0.717, 1.165) is 32.1 Å². The molecule has 0 saturated heterocycles. The highest BCUT2D eigenvalue weighted by atomic mass is 16.5. The molecule has 0 aromatic rings. The van der Waals surface area contributed by atoms with Crippen molar-refractivity contribution < 1.29 is 4.74 Å². The first-order valence-corrected chi connectivity index (χ1v) is 4.64. The Balaban J connectivity index is 1.90. The van der Waals surface area contributed by atoms with Gasteiger partial charge in [-0.1, -0.05) is 6.92 Å². The van der Waals surface area contributed by atoms with Gasteiger partial charge in [-0.05, 0) is 37.6 Å². The zero-order chi connectivity index (χ0) is 8.10. The zero-order valence-corrected chi connectivity index (χ0v) is 7.38. The highest BCUT2D eigenvalue weighted by molar-refractivity contribution is 4.72. The monoisotopic (exact) mass is 157 g/mol. The minimum Gasteiger partial charge on any atom is -0.381 e. The van der Waals surface area contributed by atoms with E-state index in [-0.39, 0.29) is 0 Å². The van der Waals surface area contributed by atoms with Crippen LogP contribution in [-0.4, -0.2) is 19.8 Å². The maximum Gasteiger partial charge on any atom is 0.0506 e.